The number of hydrogen-bond acceptors (Lipinski definition) is 5. The Morgan fingerprint density at radius 3 is 3.04 bits per heavy atom. The lowest BCUT2D eigenvalue weighted by Gasteiger charge is -2.22. The van der Waals surface area contributed by atoms with Gasteiger partial charge in [0, 0.05) is 17.7 Å². The Balaban J connectivity index is 1.68. The molecule has 8 heteroatoms. The Bertz CT molecular complexity index is 711. The molecule has 1 amide bonds. The number of amides is 1. The van der Waals surface area contributed by atoms with Crippen molar-refractivity contribution < 1.29 is 18.4 Å². The second-order valence-corrected chi connectivity index (χ2v) is 6.55. The zero-order chi connectivity index (χ0) is 16.4. The van der Waals surface area contributed by atoms with Crippen LogP contribution in [-0.4, -0.2) is 34.8 Å². The SMILES string of the molecule is N#C[C@]1(NC(=O)[C@@H]2CC(c3cc(F)ccc3F)=NO2)CCSC1. The fourth-order valence-electron chi connectivity index (χ4n) is 2.49. The van der Waals surface area contributed by atoms with Gasteiger partial charge in [-0.1, -0.05) is 5.16 Å². The summed E-state index contributed by atoms with van der Waals surface area (Å²) in [5.74, 6) is -0.368. The molecule has 1 saturated heterocycles. The topological polar surface area (TPSA) is 74.5 Å². The first-order valence-electron chi connectivity index (χ1n) is 7.02. The highest BCUT2D eigenvalue weighted by atomic mass is 32.2. The number of nitriles is 1. The normalized spacial score (nSPS) is 26.3. The largest absolute Gasteiger partial charge is 0.382 e. The summed E-state index contributed by atoms with van der Waals surface area (Å²) in [6.45, 7) is 0. The quantitative estimate of drug-likeness (QED) is 0.915. The molecule has 0 aliphatic carbocycles. The molecule has 0 bridgehead atoms. The molecule has 2 aliphatic heterocycles. The van der Waals surface area contributed by atoms with Gasteiger partial charge in [-0.25, -0.2) is 8.78 Å². The Hall–Kier alpha value is -2.14. The van der Waals surface area contributed by atoms with E-state index in [1.54, 1.807) is 11.8 Å². The van der Waals surface area contributed by atoms with E-state index in [-0.39, 0.29) is 17.7 Å². The molecule has 1 fully saturated rings. The highest BCUT2D eigenvalue weighted by Gasteiger charge is 2.40. The van der Waals surface area contributed by atoms with E-state index in [0.717, 1.165) is 24.0 Å². The summed E-state index contributed by atoms with van der Waals surface area (Å²) in [4.78, 5) is 17.3. The Morgan fingerprint density at radius 2 is 2.35 bits per heavy atom. The maximum atomic E-state index is 13.7. The van der Waals surface area contributed by atoms with Gasteiger partial charge in [0.2, 0.25) is 6.10 Å². The van der Waals surface area contributed by atoms with Crippen LogP contribution in [0.15, 0.2) is 23.4 Å². The minimum Gasteiger partial charge on any atom is -0.382 e. The van der Waals surface area contributed by atoms with Gasteiger partial charge in [-0.2, -0.15) is 17.0 Å². The number of hydrogen-bond donors (Lipinski definition) is 1. The van der Waals surface area contributed by atoms with E-state index in [9.17, 15) is 18.8 Å². The monoisotopic (exact) mass is 337 g/mol. The number of rotatable bonds is 3. The molecular weight excluding hydrogens is 324 g/mol. The average molecular weight is 337 g/mol. The highest BCUT2D eigenvalue weighted by molar-refractivity contribution is 7.99. The zero-order valence-corrected chi connectivity index (χ0v) is 12.8. The minimum atomic E-state index is -0.941. The predicted octanol–water partition coefficient (Wildman–Crippen LogP) is 1.97. The van der Waals surface area contributed by atoms with Crippen LogP contribution < -0.4 is 5.32 Å². The molecule has 0 unspecified atom stereocenters. The molecule has 3 rings (SSSR count). The van der Waals surface area contributed by atoms with Crippen molar-refractivity contribution in [1.29, 1.82) is 5.26 Å². The van der Waals surface area contributed by atoms with Crippen LogP contribution in [0.1, 0.15) is 18.4 Å². The summed E-state index contributed by atoms with van der Waals surface area (Å²) in [6.07, 6.45) is -0.344. The molecule has 0 radical (unpaired) electrons. The molecule has 0 saturated carbocycles. The van der Waals surface area contributed by atoms with Crippen molar-refractivity contribution in [1.82, 2.24) is 5.32 Å². The molecule has 2 heterocycles. The first-order chi connectivity index (χ1) is 11.0. The standard InChI is InChI=1S/C15H13F2N3O2S/c16-9-1-2-11(17)10(5-9)12-6-13(22-20-12)14(21)19-15(7-18)3-4-23-8-15/h1-2,5,13H,3-4,6,8H2,(H,19,21)/t13-,15+/m0/s1. The van der Waals surface area contributed by atoms with Gasteiger partial charge in [-0.15, -0.1) is 0 Å². The summed E-state index contributed by atoms with van der Waals surface area (Å²) in [5.41, 5.74) is -0.738. The fraction of sp³-hybridized carbons (Fsp3) is 0.400. The number of carbonyl (C=O) groups is 1. The number of oxime groups is 1. The van der Waals surface area contributed by atoms with Gasteiger partial charge >= 0.3 is 0 Å². The third kappa shape index (κ3) is 3.15. The summed E-state index contributed by atoms with van der Waals surface area (Å²) in [5, 5.41) is 15.7. The number of carbonyl (C=O) groups excluding carboxylic acids is 1. The summed E-state index contributed by atoms with van der Waals surface area (Å²) in [7, 11) is 0. The van der Waals surface area contributed by atoms with E-state index in [2.05, 4.69) is 16.5 Å². The number of benzene rings is 1. The van der Waals surface area contributed by atoms with Gasteiger partial charge in [-0.3, -0.25) is 4.79 Å². The van der Waals surface area contributed by atoms with Gasteiger partial charge in [-0.05, 0) is 30.4 Å². The molecule has 5 nitrogen and oxygen atoms in total. The molecule has 0 aromatic heterocycles. The number of nitrogens with one attached hydrogen (secondary N) is 1. The van der Waals surface area contributed by atoms with E-state index < -0.39 is 29.2 Å². The highest BCUT2D eigenvalue weighted by Crippen LogP contribution is 2.28. The third-order valence-corrected chi connectivity index (χ3v) is 4.99. The smallest absolute Gasteiger partial charge is 0.265 e. The van der Waals surface area contributed by atoms with Crippen LogP contribution in [-0.2, 0) is 9.63 Å². The van der Waals surface area contributed by atoms with Crippen molar-refractivity contribution >= 4 is 23.4 Å². The summed E-state index contributed by atoms with van der Waals surface area (Å²) < 4.78 is 27.0. The van der Waals surface area contributed by atoms with Crippen LogP contribution in [0.2, 0.25) is 0 Å². The van der Waals surface area contributed by atoms with Gasteiger partial charge in [0.15, 0.2) is 0 Å². The van der Waals surface area contributed by atoms with Gasteiger partial charge in [0.05, 0.1) is 11.8 Å². The van der Waals surface area contributed by atoms with Crippen LogP contribution >= 0.6 is 11.8 Å². The third-order valence-electron chi connectivity index (χ3n) is 3.80. The maximum Gasteiger partial charge on any atom is 0.265 e. The fourth-order valence-corrected chi connectivity index (χ4v) is 3.76. The molecule has 120 valence electrons. The van der Waals surface area contributed by atoms with Crippen molar-refractivity contribution in [3.63, 3.8) is 0 Å². The van der Waals surface area contributed by atoms with E-state index >= 15 is 0 Å². The minimum absolute atomic E-state index is 0.0216. The summed E-state index contributed by atoms with van der Waals surface area (Å²) >= 11 is 1.59. The zero-order valence-electron chi connectivity index (χ0n) is 12.0. The van der Waals surface area contributed by atoms with Crippen molar-refractivity contribution in [2.75, 3.05) is 11.5 Å². The van der Waals surface area contributed by atoms with Crippen molar-refractivity contribution in [2.24, 2.45) is 5.16 Å². The summed E-state index contributed by atoms with van der Waals surface area (Å²) in [6, 6.07) is 5.16. The van der Waals surface area contributed by atoms with Crippen molar-refractivity contribution in [3.8, 4) is 6.07 Å². The number of nitrogens with zero attached hydrogens (tertiary/aromatic N) is 2. The first kappa shape index (κ1) is 15.7. The Labute approximate surface area is 135 Å². The Kier molecular flexibility index (Phi) is 4.22. The van der Waals surface area contributed by atoms with E-state index in [4.69, 9.17) is 4.84 Å². The lowest BCUT2D eigenvalue weighted by atomic mass is 9.99. The molecule has 23 heavy (non-hydrogen) atoms. The van der Waals surface area contributed by atoms with Crippen LogP contribution in [0, 0.1) is 23.0 Å². The molecule has 0 spiro atoms. The van der Waals surface area contributed by atoms with Crippen LogP contribution in [0.4, 0.5) is 8.78 Å². The second-order valence-electron chi connectivity index (χ2n) is 5.45. The average Bonchev–Trinajstić information content (AvgIpc) is 3.19. The lowest BCUT2D eigenvalue weighted by Crippen LogP contribution is -2.51. The van der Waals surface area contributed by atoms with E-state index in [1.807, 2.05) is 0 Å². The predicted molar refractivity (Wildman–Crippen MR) is 80.8 cm³/mol. The van der Waals surface area contributed by atoms with Gasteiger partial charge < -0.3 is 10.2 Å². The van der Waals surface area contributed by atoms with Crippen LogP contribution in [0.3, 0.4) is 0 Å². The molecular formula is C15H13F2N3O2S. The Morgan fingerprint density at radius 1 is 1.52 bits per heavy atom. The molecule has 2 aliphatic rings. The molecule has 1 aromatic rings. The van der Waals surface area contributed by atoms with Crippen molar-refractivity contribution in [3.05, 3.63) is 35.4 Å². The van der Waals surface area contributed by atoms with Crippen LogP contribution in [0.25, 0.3) is 0 Å². The van der Waals surface area contributed by atoms with Gasteiger partial charge in [0.1, 0.15) is 17.2 Å². The number of thioether (sulfide) groups is 1. The van der Waals surface area contributed by atoms with Gasteiger partial charge in [0.25, 0.3) is 5.91 Å². The first-order valence-corrected chi connectivity index (χ1v) is 8.18. The lowest BCUT2D eigenvalue weighted by molar-refractivity contribution is -0.132. The molecule has 1 N–H and O–H groups in total. The molecule has 1 aromatic carbocycles. The van der Waals surface area contributed by atoms with E-state index in [1.165, 1.54) is 0 Å². The van der Waals surface area contributed by atoms with Crippen molar-refractivity contribution in [2.45, 2.75) is 24.5 Å². The van der Waals surface area contributed by atoms with E-state index in [0.29, 0.717) is 12.2 Å². The maximum absolute atomic E-state index is 13.7. The second kappa shape index (κ2) is 6.16. The number of halogens is 2. The van der Waals surface area contributed by atoms with Crippen LogP contribution in [0.5, 0.6) is 0 Å². The molecule has 2 atom stereocenters.